The zero-order chi connectivity index (χ0) is 20.4. The fourth-order valence-corrected chi connectivity index (χ4v) is 4.92. The van der Waals surface area contributed by atoms with E-state index in [9.17, 15) is 9.59 Å². The molecular weight excluding hydrogens is 408 g/mol. The fourth-order valence-electron chi connectivity index (χ4n) is 3.90. The van der Waals surface area contributed by atoms with E-state index in [1.54, 1.807) is 23.2 Å². The number of carbonyl (C=O) groups is 2. The van der Waals surface area contributed by atoms with E-state index in [2.05, 4.69) is 0 Å². The number of thiophene rings is 1. The molecule has 152 valence electrons. The van der Waals surface area contributed by atoms with Crippen LogP contribution in [0.5, 0.6) is 0 Å². The first-order chi connectivity index (χ1) is 14.1. The first-order valence-corrected chi connectivity index (χ1v) is 11.1. The van der Waals surface area contributed by atoms with E-state index >= 15 is 0 Å². The summed E-state index contributed by atoms with van der Waals surface area (Å²) in [6, 6.07) is 11.7. The van der Waals surface area contributed by atoms with Crippen LogP contribution in [0.25, 0.3) is 10.2 Å². The van der Waals surface area contributed by atoms with Gasteiger partial charge in [0, 0.05) is 24.7 Å². The van der Waals surface area contributed by atoms with Gasteiger partial charge in [0.25, 0.3) is 5.91 Å². The third kappa shape index (κ3) is 4.05. The highest BCUT2D eigenvalue weighted by molar-refractivity contribution is 7.17. The monoisotopic (exact) mass is 430 g/mol. The van der Waals surface area contributed by atoms with Crippen LogP contribution < -0.4 is 0 Å². The smallest absolute Gasteiger partial charge is 0.310 e. The Morgan fingerprint density at radius 3 is 2.90 bits per heavy atom. The molecule has 0 spiro atoms. The van der Waals surface area contributed by atoms with Gasteiger partial charge in [0.15, 0.2) is 0 Å². The molecule has 4 rings (SSSR count). The van der Waals surface area contributed by atoms with Gasteiger partial charge >= 0.3 is 5.97 Å². The molecule has 1 atom stereocenters. The summed E-state index contributed by atoms with van der Waals surface area (Å²) in [6.07, 6.45) is 1.56. The number of halogens is 1. The van der Waals surface area contributed by atoms with Gasteiger partial charge in [0.2, 0.25) is 0 Å². The van der Waals surface area contributed by atoms with E-state index < -0.39 is 0 Å². The second-order valence-corrected chi connectivity index (χ2v) is 8.57. The van der Waals surface area contributed by atoms with Crippen LogP contribution in [0.1, 0.15) is 35.8 Å². The van der Waals surface area contributed by atoms with Gasteiger partial charge in [0.1, 0.15) is 5.69 Å². The molecule has 1 aliphatic heterocycles. The van der Waals surface area contributed by atoms with Gasteiger partial charge in [0.05, 0.1) is 22.7 Å². The zero-order valence-electron chi connectivity index (χ0n) is 16.3. The Labute approximate surface area is 178 Å². The molecule has 5 nitrogen and oxygen atoms in total. The van der Waals surface area contributed by atoms with Crippen molar-refractivity contribution in [2.24, 2.45) is 5.92 Å². The average molecular weight is 431 g/mol. The van der Waals surface area contributed by atoms with E-state index in [1.807, 2.05) is 46.3 Å². The number of hydrogen-bond donors (Lipinski definition) is 0. The molecule has 1 unspecified atom stereocenters. The van der Waals surface area contributed by atoms with E-state index in [1.165, 1.54) is 0 Å². The van der Waals surface area contributed by atoms with Crippen LogP contribution in [0, 0.1) is 5.92 Å². The summed E-state index contributed by atoms with van der Waals surface area (Å²) in [4.78, 5) is 27.4. The molecule has 0 radical (unpaired) electrons. The van der Waals surface area contributed by atoms with Crippen LogP contribution in [-0.4, -0.2) is 41.0 Å². The molecule has 7 heteroatoms. The lowest BCUT2D eigenvalue weighted by Crippen LogP contribution is -2.43. The highest BCUT2D eigenvalue weighted by atomic mass is 35.5. The number of piperidine rings is 1. The van der Waals surface area contributed by atoms with Gasteiger partial charge in [-0.1, -0.05) is 29.8 Å². The van der Waals surface area contributed by atoms with Crippen LogP contribution in [0.2, 0.25) is 5.02 Å². The quantitative estimate of drug-likeness (QED) is 0.545. The van der Waals surface area contributed by atoms with Gasteiger partial charge in [-0.25, -0.2) is 0 Å². The minimum atomic E-state index is -0.249. The highest BCUT2D eigenvalue weighted by Gasteiger charge is 2.31. The van der Waals surface area contributed by atoms with Crippen molar-refractivity contribution in [3.8, 4) is 0 Å². The second kappa shape index (κ2) is 8.59. The lowest BCUT2D eigenvalue weighted by Gasteiger charge is -2.31. The maximum absolute atomic E-state index is 13.4. The minimum absolute atomic E-state index is 0.0468. The fraction of sp³-hybridized carbons (Fsp3) is 0.364. The van der Waals surface area contributed by atoms with E-state index in [0.29, 0.717) is 37.0 Å². The molecule has 1 saturated heterocycles. The summed E-state index contributed by atoms with van der Waals surface area (Å²) < 4.78 is 8.27. The Bertz CT molecular complexity index is 1040. The Hall–Kier alpha value is -2.31. The molecule has 0 bridgehead atoms. The number of amides is 1. The highest BCUT2D eigenvalue weighted by Crippen LogP contribution is 2.29. The van der Waals surface area contributed by atoms with Crippen molar-refractivity contribution in [1.29, 1.82) is 0 Å². The van der Waals surface area contributed by atoms with Crippen molar-refractivity contribution < 1.29 is 14.3 Å². The minimum Gasteiger partial charge on any atom is -0.466 e. The number of likely N-dealkylation sites (tertiary alicyclic amines) is 1. The standard InChI is InChI=1S/C22H23ClN2O3S/c1-2-28-22(27)16-7-5-10-24(13-16)21(26)19-12-20-18(9-11-29-20)25(19)14-15-6-3-4-8-17(15)23/h3-4,6,8-9,11-12,16H,2,5,7,10,13-14H2,1H3. The van der Waals surface area contributed by atoms with Crippen LogP contribution in [0.3, 0.4) is 0 Å². The third-order valence-electron chi connectivity index (χ3n) is 5.36. The largest absolute Gasteiger partial charge is 0.466 e. The number of benzene rings is 1. The topological polar surface area (TPSA) is 51.5 Å². The van der Waals surface area contributed by atoms with Gasteiger partial charge in [-0.05, 0) is 48.9 Å². The average Bonchev–Trinajstić information content (AvgIpc) is 3.32. The lowest BCUT2D eigenvalue weighted by molar-refractivity contribution is -0.149. The first-order valence-electron chi connectivity index (χ1n) is 9.84. The maximum Gasteiger partial charge on any atom is 0.310 e. The molecule has 1 amide bonds. The lowest BCUT2D eigenvalue weighted by atomic mass is 9.98. The number of hydrogen-bond acceptors (Lipinski definition) is 4. The molecule has 1 aliphatic rings. The van der Waals surface area contributed by atoms with Crippen LogP contribution in [-0.2, 0) is 16.1 Å². The van der Waals surface area contributed by atoms with Crippen molar-refractivity contribution in [2.45, 2.75) is 26.3 Å². The Kier molecular flexibility index (Phi) is 5.92. The van der Waals surface area contributed by atoms with Gasteiger partial charge < -0.3 is 14.2 Å². The molecule has 1 aromatic carbocycles. The molecular formula is C22H23ClN2O3S. The first kappa shape index (κ1) is 20.0. The zero-order valence-corrected chi connectivity index (χ0v) is 17.8. The summed E-state index contributed by atoms with van der Waals surface area (Å²) in [7, 11) is 0. The number of aromatic nitrogens is 1. The number of nitrogens with zero attached hydrogens (tertiary/aromatic N) is 2. The Morgan fingerprint density at radius 1 is 1.28 bits per heavy atom. The molecule has 0 N–H and O–H groups in total. The van der Waals surface area contributed by atoms with Crippen molar-refractivity contribution in [3.63, 3.8) is 0 Å². The number of carbonyl (C=O) groups excluding carboxylic acids is 2. The van der Waals surface area contributed by atoms with E-state index in [0.717, 1.165) is 28.6 Å². The van der Waals surface area contributed by atoms with Gasteiger partial charge in [-0.15, -0.1) is 11.3 Å². The molecule has 1 fully saturated rings. The third-order valence-corrected chi connectivity index (χ3v) is 6.58. The van der Waals surface area contributed by atoms with Crippen molar-refractivity contribution in [1.82, 2.24) is 9.47 Å². The molecule has 2 aromatic heterocycles. The van der Waals surface area contributed by atoms with Gasteiger partial charge in [-0.2, -0.15) is 0 Å². The summed E-state index contributed by atoms with van der Waals surface area (Å²) in [5, 5.41) is 2.71. The predicted molar refractivity (Wildman–Crippen MR) is 116 cm³/mol. The SMILES string of the molecule is CCOC(=O)C1CCCN(C(=O)c2cc3sccc3n2Cc2ccccc2Cl)C1. The Balaban J connectivity index is 1.63. The van der Waals surface area contributed by atoms with E-state index in [4.69, 9.17) is 16.3 Å². The summed E-state index contributed by atoms with van der Waals surface area (Å²) in [5.41, 5.74) is 2.63. The predicted octanol–water partition coefficient (Wildman–Crippen LogP) is 4.82. The number of ether oxygens (including phenoxy) is 1. The van der Waals surface area contributed by atoms with Crippen LogP contribution >= 0.6 is 22.9 Å². The molecule has 29 heavy (non-hydrogen) atoms. The molecule has 3 heterocycles. The summed E-state index contributed by atoms with van der Waals surface area (Å²) in [5.74, 6) is -0.507. The van der Waals surface area contributed by atoms with Gasteiger partial charge in [-0.3, -0.25) is 9.59 Å². The molecule has 0 aliphatic carbocycles. The number of fused-ring (bicyclic) bond motifs is 1. The van der Waals surface area contributed by atoms with Crippen LogP contribution in [0.15, 0.2) is 41.8 Å². The van der Waals surface area contributed by atoms with Crippen molar-refractivity contribution in [3.05, 3.63) is 58.1 Å². The Morgan fingerprint density at radius 2 is 2.10 bits per heavy atom. The number of rotatable bonds is 5. The normalized spacial score (nSPS) is 16.9. The van der Waals surface area contributed by atoms with E-state index in [-0.39, 0.29) is 17.8 Å². The van der Waals surface area contributed by atoms with Crippen molar-refractivity contribution in [2.75, 3.05) is 19.7 Å². The van der Waals surface area contributed by atoms with Crippen molar-refractivity contribution >= 4 is 45.0 Å². The summed E-state index contributed by atoms with van der Waals surface area (Å²) in [6.45, 7) is 3.75. The molecule has 3 aromatic rings. The maximum atomic E-state index is 13.4. The van der Waals surface area contributed by atoms with Crippen LogP contribution in [0.4, 0.5) is 0 Å². The number of esters is 1. The summed E-state index contributed by atoms with van der Waals surface area (Å²) >= 11 is 7.99. The second-order valence-electron chi connectivity index (χ2n) is 7.22. The molecule has 0 saturated carbocycles.